The Balaban J connectivity index is 1.78. The predicted octanol–water partition coefficient (Wildman–Crippen LogP) is 2.95. The summed E-state index contributed by atoms with van der Waals surface area (Å²) in [5.41, 5.74) is 1.93. The minimum atomic E-state index is -0.306. The molecule has 0 saturated heterocycles. The fraction of sp³-hybridized carbons (Fsp3) is 0.167. The highest BCUT2D eigenvalue weighted by Crippen LogP contribution is 2.16. The normalized spacial score (nSPS) is 11.6. The van der Waals surface area contributed by atoms with Crippen LogP contribution in [0.15, 0.2) is 47.1 Å². The molecule has 24 heavy (non-hydrogen) atoms. The SMILES string of the molecule is CNC(C)c1nc(-c2ccc(C#Cc3cccc(F)c3)cn2)no1. The van der Waals surface area contributed by atoms with Crippen molar-refractivity contribution in [2.24, 2.45) is 0 Å². The lowest BCUT2D eigenvalue weighted by atomic mass is 10.2. The average molecular weight is 322 g/mol. The van der Waals surface area contributed by atoms with Gasteiger partial charge in [0.05, 0.1) is 6.04 Å². The van der Waals surface area contributed by atoms with Gasteiger partial charge >= 0.3 is 0 Å². The molecule has 120 valence electrons. The molecular weight excluding hydrogens is 307 g/mol. The molecule has 0 aliphatic carbocycles. The van der Waals surface area contributed by atoms with E-state index in [9.17, 15) is 4.39 Å². The maximum absolute atomic E-state index is 13.1. The molecule has 1 unspecified atom stereocenters. The molecule has 2 heterocycles. The van der Waals surface area contributed by atoms with Crippen LogP contribution in [0, 0.1) is 17.7 Å². The summed E-state index contributed by atoms with van der Waals surface area (Å²) in [6.45, 7) is 1.93. The first-order valence-electron chi connectivity index (χ1n) is 7.40. The van der Waals surface area contributed by atoms with Crippen LogP contribution in [-0.4, -0.2) is 22.2 Å². The molecule has 0 radical (unpaired) electrons. The van der Waals surface area contributed by atoms with Gasteiger partial charge in [-0.2, -0.15) is 4.98 Å². The Morgan fingerprint density at radius 3 is 2.71 bits per heavy atom. The molecule has 0 aliphatic rings. The second kappa shape index (κ2) is 7.02. The number of nitrogens with one attached hydrogen (secondary N) is 1. The zero-order valence-electron chi connectivity index (χ0n) is 13.2. The summed E-state index contributed by atoms with van der Waals surface area (Å²) in [4.78, 5) is 8.60. The summed E-state index contributed by atoms with van der Waals surface area (Å²) >= 11 is 0. The van der Waals surface area contributed by atoms with Gasteiger partial charge in [0.2, 0.25) is 11.7 Å². The van der Waals surface area contributed by atoms with E-state index >= 15 is 0 Å². The molecule has 3 rings (SSSR count). The standard InChI is InChI=1S/C18H15FN4O/c1-12(20-2)18-22-17(23-24-18)16-9-8-14(11-21-16)7-6-13-4-3-5-15(19)10-13/h3-5,8-12,20H,1-2H3. The van der Waals surface area contributed by atoms with Gasteiger partial charge in [0.25, 0.3) is 0 Å². The van der Waals surface area contributed by atoms with Crippen LogP contribution in [0.2, 0.25) is 0 Å². The molecule has 6 heteroatoms. The highest BCUT2D eigenvalue weighted by Gasteiger charge is 2.13. The molecule has 1 aromatic carbocycles. The first kappa shape index (κ1) is 15.8. The van der Waals surface area contributed by atoms with Crippen molar-refractivity contribution in [2.75, 3.05) is 7.05 Å². The van der Waals surface area contributed by atoms with E-state index in [0.29, 0.717) is 23.0 Å². The number of hydrogen-bond donors (Lipinski definition) is 1. The van der Waals surface area contributed by atoms with Gasteiger partial charge in [0, 0.05) is 17.3 Å². The Morgan fingerprint density at radius 2 is 2.00 bits per heavy atom. The van der Waals surface area contributed by atoms with Crippen LogP contribution in [-0.2, 0) is 0 Å². The summed E-state index contributed by atoms with van der Waals surface area (Å²) in [5, 5.41) is 6.95. The van der Waals surface area contributed by atoms with E-state index in [0.717, 1.165) is 5.56 Å². The van der Waals surface area contributed by atoms with Crippen molar-refractivity contribution < 1.29 is 8.91 Å². The molecule has 0 bridgehead atoms. The molecule has 0 aliphatic heterocycles. The Hall–Kier alpha value is -3.04. The lowest BCUT2D eigenvalue weighted by Gasteiger charge is -2.01. The minimum absolute atomic E-state index is 0.0253. The van der Waals surface area contributed by atoms with Crippen molar-refractivity contribution in [1.82, 2.24) is 20.4 Å². The first-order chi connectivity index (χ1) is 11.7. The van der Waals surface area contributed by atoms with E-state index in [1.54, 1.807) is 24.4 Å². The van der Waals surface area contributed by atoms with Crippen molar-refractivity contribution in [3.05, 3.63) is 65.4 Å². The van der Waals surface area contributed by atoms with Crippen LogP contribution in [0.4, 0.5) is 4.39 Å². The smallest absolute Gasteiger partial charge is 0.243 e. The van der Waals surface area contributed by atoms with Crippen molar-refractivity contribution in [2.45, 2.75) is 13.0 Å². The monoisotopic (exact) mass is 322 g/mol. The predicted molar refractivity (Wildman–Crippen MR) is 87.4 cm³/mol. The number of hydrogen-bond acceptors (Lipinski definition) is 5. The van der Waals surface area contributed by atoms with Crippen LogP contribution in [0.3, 0.4) is 0 Å². The maximum atomic E-state index is 13.1. The third-order valence-corrected chi connectivity index (χ3v) is 3.41. The van der Waals surface area contributed by atoms with Gasteiger partial charge in [-0.05, 0) is 44.3 Å². The molecule has 0 spiro atoms. The molecule has 5 nitrogen and oxygen atoms in total. The minimum Gasteiger partial charge on any atom is -0.337 e. The summed E-state index contributed by atoms with van der Waals surface area (Å²) in [5.74, 6) is 6.47. The molecule has 1 N–H and O–H groups in total. The lowest BCUT2D eigenvalue weighted by Crippen LogP contribution is -2.12. The Morgan fingerprint density at radius 1 is 1.17 bits per heavy atom. The number of benzene rings is 1. The highest BCUT2D eigenvalue weighted by atomic mass is 19.1. The summed E-state index contributed by atoms with van der Waals surface area (Å²) in [6.07, 6.45) is 1.62. The number of nitrogens with zero attached hydrogens (tertiary/aromatic N) is 3. The van der Waals surface area contributed by atoms with E-state index < -0.39 is 0 Å². The second-order valence-corrected chi connectivity index (χ2v) is 5.16. The van der Waals surface area contributed by atoms with Gasteiger partial charge in [0.15, 0.2) is 0 Å². The molecule has 0 fully saturated rings. The molecule has 1 atom stereocenters. The molecular formula is C18H15FN4O. The van der Waals surface area contributed by atoms with Crippen LogP contribution in [0.25, 0.3) is 11.5 Å². The Labute approximate surface area is 138 Å². The van der Waals surface area contributed by atoms with E-state index in [1.165, 1.54) is 12.1 Å². The fourth-order valence-electron chi connectivity index (χ4n) is 1.95. The highest BCUT2D eigenvalue weighted by molar-refractivity contribution is 5.50. The van der Waals surface area contributed by atoms with Crippen LogP contribution >= 0.6 is 0 Å². The van der Waals surface area contributed by atoms with Crippen LogP contribution in [0.1, 0.15) is 30.0 Å². The van der Waals surface area contributed by atoms with Gasteiger partial charge in [0.1, 0.15) is 11.5 Å². The average Bonchev–Trinajstić information content (AvgIpc) is 3.10. The maximum Gasteiger partial charge on any atom is 0.243 e. The molecule has 0 amide bonds. The molecule has 0 saturated carbocycles. The summed E-state index contributed by atoms with van der Waals surface area (Å²) < 4.78 is 18.3. The van der Waals surface area contributed by atoms with Gasteiger partial charge in [-0.1, -0.05) is 23.1 Å². The van der Waals surface area contributed by atoms with Crippen molar-refractivity contribution in [1.29, 1.82) is 0 Å². The fourth-order valence-corrected chi connectivity index (χ4v) is 1.95. The van der Waals surface area contributed by atoms with Gasteiger partial charge < -0.3 is 9.84 Å². The Kier molecular flexibility index (Phi) is 4.64. The van der Waals surface area contributed by atoms with Gasteiger partial charge in [-0.15, -0.1) is 0 Å². The van der Waals surface area contributed by atoms with Crippen molar-refractivity contribution >= 4 is 0 Å². The number of halogens is 1. The first-order valence-corrected chi connectivity index (χ1v) is 7.40. The van der Waals surface area contributed by atoms with Gasteiger partial charge in [-0.3, -0.25) is 4.98 Å². The zero-order valence-corrected chi connectivity index (χ0v) is 13.2. The number of pyridine rings is 1. The number of aromatic nitrogens is 3. The molecule has 3 aromatic rings. The summed E-state index contributed by atoms with van der Waals surface area (Å²) in [6, 6.07) is 9.71. The van der Waals surface area contributed by atoms with E-state index in [2.05, 4.69) is 32.3 Å². The van der Waals surface area contributed by atoms with Crippen molar-refractivity contribution in [3.63, 3.8) is 0 Å². The summed E-state index contributed by atoms with van der Waals surface area (Å²) in [7, 11) is 1.82. The van der Waals surface area contributed by atoms with E-state index in [4.69, 9.17) is 4.52 Å². The second-order valence-electron chi connectivity index (χ2n) is 5.16. The lowest BCUT2D eigenvalue weighted by molar-refractivity contribution is 0.347. The third kappa shape index (κ3) is 3.65. The van der Waals surface area contributed by atoms with E-state index in [1.807, 2.05) is 20.0 Å². The van der Waals surface area contributed by atoms with Crippen molar-refractivity contribution in [3.8, 4) is 23.4 Å². The van der Waals surface area contributed by atoms with E-state index in [-0.39, 0.29) is 11.9 Å². The topological polar surface area (TPSA) is 63.8 Å². The third-order valence-electron chi connectivity index (χ3n) is 3.41. The Bertz CT molecular complexity index is 893. The van der Waals surface area contributed by atoms with Gasteiger partial charge in [-0.25, -0.2) is 4.39 Å². The number of rotatable bonds is 3. The zero-order chi connectivity index (χ0) is 16.9. The quantitative estimate of drug-likeness (QED) is 0.751. The van der Waals surface area contributed by atoms with Crippen LogP contribution < -0.4 is 5.32 Å². The molecule has 2 aromatic heterocycles. The van der Waals surface area contributed by atoms with Crippen LogP contribution in [0.5, 0.6) is 0 Å². The largest absolute Gasteiger partial charge is 0.337 e.